The Morgan fingerprint density at radius 3 is 2.96 bits per heavy atom. The van der Waals surface area contributed by atoms with Gasteiger partial charge in [0, 0.05) is 31.5 Å². The molecule has 1 atom stereocenters. The molecule has 1 aromatic carbocycles. The minimum Gasteiger partial charge on any atom is -0.356 e. The smallest absolute Gasteiger partial charge is 0.231 e. The van der Waals surface area contributed by atoms with Gasteiger partial charge in [0.1, 0.15) is 5.82 Å². The third kappa shape index (κ3) is 2.58. The van der Waals surface area contributed by atoms with Crippen molar-refractivity contribution < 1.29 is 4.79 Å². The zero-order valence-electron chi connectivity index (χ0n) is 13.4. The van der Waals surface area contributed by atoms with Gasteiger partial charge in [-0.3, -0.25) is 4.79 Å². The summed E-state index contributed by atoms with van der Waals surface area (Å²) in [6.45, 7) is 4.57. The summed E-state index contributed by atoms with van der Waals surface area (Å²) >= 11 is 0. The SMILES string of the molecule is Cc1ccnc(N2CCC(C(=O)N3CCc4ccccc43)C2)c1. The maximum absolute atomic E-state index is 12.9. The third-order valence-electron chi connectivity index (χ3n) is 4.92. The Morgan fingerprint density at radius 2 is 2.09 bits per heavy atom. The van der Waals surface area contributed by atoms with Crippen LogP contribution < -0.4 is 9.80 Å². The first-order valence-electron chi connectivity index (χ1n) is 8.29. The molecule has 4 heteroatoms. The van der Waals surface area contributed by atoms with Crippen molar-refractivity contribution in [1.29, 1.82) is 0 Å². The molecule has 4 nitrogen and oxygen atoms in total. The van der Waals surface area contributed by atoms with Crippen LogP contribution in [0.4, 0.5) is 11.5 Å². The molecule has 2 aliphatic rings. The predicted octanol–water partition coefficient (Wildman–Crippen LogP) is 2.81. The molecule has 1 unspecified atom stereocenters. The second-order valence-corrected chi connectivity index (χ2v) is 6.49. The van der Waals surface area contributed by atoms with E-state index in [0.29, 0.717) is 0 Å². The number of anilines is 2. The summed E-state index contributed by atoms with van der Waals surface area (Å²) in [5, 5.41) is 0. The second kappa shape index (κ2) is 5.69. The number of hydrogen-bond donors (Lipinski definition) is 0. The number of carbonyl (C=O) groups excluding carboxylic acids is 1. The van der Waals surface area contributed by atoms with E-state index < -0.39 is 0 Å². The maximum atomic E-state index is 12.9. The molecular weight excluding hydrogens is 286 g/mol. The van der Waals surface area contributed by atoms with E-state index in [0.717, 1.165) is 44.0 Å². The number of fused-ring (bicyclic) bond motifs is 1. The van der Waals surface area contributed by atoms with E-state index in [-0.39, 0.29) is 11.8 Å². The first-order chi connectivity index (χ1) is 11.2. The number of pyridine rings is 1. The van der Waals surface area contributed by atoms with Crippen LogP contribution in [0.15, 0.2) is 42.6 Å². The summed E-state index contributed by atoms with van der Waals surface area (Å²) in [6.07, 6.45) is 3.72. The summed E-state index contributed by atoms with van der Waals surface area (Å²) in [4.78, 5) is 21.6. The monoisotopic (exact) mass is 307 g/mol. The van der Waals surface area contributed by atoms with Gasteiger partial charge in [-0.1, -0.05) is 18.2 Å². The van der Waals surface area contributed by atoms with Gasteiger partial charge in [-0.05, 0) is 49.1 Å². The molecule has 118 valence electrons. The lowest BCUT2D eigenvalue weighted by molar-refractivity contribution is -0.121. The average Bonchev–Trinajstić information content (AvgIpc) is 3.22. The van der Waals surface area contributed by atoms with Crippen molar-refractivity contribution >= 4 is 17.4 Å². The number of amides is 1. The number of aryl methyl sites for hydroxylation is 1. The van der Waals surface area contributed by atoms with Gasteiger partial charge in [-0.2, -0.15) is 0 Å². The predicted molar refractivity (Wildman–Crippen MR) is 91.8 cm³/mol. The number of para-hydroxylation sites is 1. The number of carbonyl (C=O) groups is 1. The summed E-state index contributed by atoms with van der Waals surface area (Å²) in [5.41, 5.74) is 3.60. The van der Waals surface area contributed by atoms with Gasteiger partial charge in [-0.25, -0.2) is 4.98 Å². The molecule has 0 saturated carbocycles. The van der Waals surface area contributed by atoms with Crippen LogP contribution in [0.3, 0.4) is 0 Å². The highest BCUT2D eigenvalue weighted by Gasteiger charge is 2.34. The molecule has 2 aliphatic heterocycles. The first-order valence-corrected chi connectivity index (χ1v) is 8.29. The molecule has 1 amide bonds. The van der Waals surface area contributed by atoms with Gasteiger partial charge in [0.05, 0.1) is 5.92 Å². The Morgan fingerprint density at radius 1 is 1.22 bits per heavy atom. The van der Waals surface area contributed by atoms with Crippen molar-refractivity contribution in [3.05, 3.63) is 53.7 Å². The van der Waals surface area contributed by atoms with Crippen molar-refractivity contribution in [1.82, 2.24) is 4.98 Å². The van der Waals surface area contributed by atoms with Crippen molar-refractivity contribution in [2.24, 2.45) is 5.92 Å². The van der Waals surface area contributed by atoms with Crippen LogP contribution in [0.2, 0.25) is 0 Å². The molecule has 1 aromatic heterocycles. The summed E-state index contributed by atoms with van der Waals surface area (Å²) in [6, 6.07) is 12.4. The third-order valence-corrected chi connectivity index (χ3v) is 4.92. The molecule has 1 saturated heterocycles. The molecule has 0 radical (unpaired) electrons. The Labute approximate surface area is 136 Å². The highest BCUT2D eigenvalue weighted by Crippen LogP contribution is 2.31. The molecular formula is C19H21N3O. The second-order valence-electron chi connectivity index (χ2n) is 6.49. The number of aromatic nitrogens is 1. The number of nitrogens with zero attached hydrogens (tertiary/aromatic N) is 3. The van der Waals surface area contributed by atoms with Crippen LogP contribution >= 0.6 is 0 Å². The van der Waals surface area contributed by atoms with Crippen LogP contribution in [0.5, 0.6) is 0 Å². The van der Waals surface area contributed by atoms with E-state index in [1.165, 1.54) is 11.1 Å². The van der Waals surface area contributed by atoms with Crippen molar-refractivity contribution in [2.45, 2.75) is 19.8 Å². The Kier molecular flexibility index (Phi) is 3.52. The van der Waals surface area contributed by atoms with Gasteiger partial charge in [0.15, 0.2) is 0 Å². The molecule has 0 bridgehead atoms. The largest absolute Gasteiger partial charge is 0.356 e. The van der Waals surface area contributed by atoms with E-state index in [4.69, 9.17) is 0 Å². The lowest BCUT2D eigenvalue weighted by Crippen LogP contribution is -2.36. The van der Waals surface area contributed by atoms with Gasteiger partial charge < -0.3 is 9.80 Å². The normalized spacial score (nSPS) is 20.0. The average molecular weight is 307 g/mol. The molecule has 3 heterocycles. The molecule has 2 aromatic rings. The van der Waals surface area contributed by atoms with Crippen LogP contribution in [0.25, 0.3) is 0 Å². The van der Waals surface area contributed by atoms with E-state index in [2.05, 4.69) is 35.0 Å². The zero-order chi connectivity index (χ0) is 15.8. The quantitative estimate of drug-likeness (QED) is 0.856. The highest BCUT2D eigenvalue weighted by molar-refractivity contribution is 5.97. The number of rotatable bonds is 2. The Bertz CT molecular complexity index is 743. The van der Waals surface area contributed by atoms with E-state index in [1.54, 1.807) is 0 Å². The van der Waals surface area contributed by atoms with Gasteiger partial charge in [0.2, 0.25) is 5.91 Å². The van der Waals surface area contributed by atoms with Crippen LogP contribution in [-0.4, -0.2) is 30.5 Å². The van der Waals surface area contributed by atoms with Crippen molar-refractivity contribution in [2.75, 3.05) is 29.4 Å². The van der Waals surface area contributed by atoms with E-state index >= 15 is 0 Å². The fraction of sp³-hybridized carbons (Fsp3) is 0.368. The lowest BCUT2D eigenvalue weighted by Gasteiger charge is -2.22. The Hall–Kier alpha value is -2.36. The summed E-state index contributed by atoms with van der Waals surface area (Å²) in [5.74, 6) is 1.33. The summed E-state index contributed by atoms with van der Waals surface area (Å²) in [7, 11) is 0. The molecule has 0 N–H and O–H groups in total. The molecule has 0 spiro atoms. The lowest BCUT2D eigenvalue weighted by atomic mass is 10.1. The molecule has 23 heavy (non-hydrogen) atoms. The van der Waals surface area contributed by atoms with E-state index in [9.17, 15) is 4.79 Å². The molecule has 0 aliphatic carbocycles. The fourth-order valence-electron chi connectivity index (χ4n) is 3.65. The summed E-state index contributed by atoms with van der Waals surface area (Å²) < 4.78 is 0. The van der Waals surface area contributed by atoms with E-state index in [1.807, 2.05) is 29.3 Å². The minimum absolute atomic E-state index is 0.0727. The number of hydrogen-bond acceptors (Lipinski definition) is 3. The maximum Gasteiger partial charge on any atom is 0.231 e. The molecule has 1 fully saturated rings. The van der Waals surface area contributed by atoms with Crippen molar-refractivity contribution in [3.63, 3.8) is 0 Å². The van der Waals surface area contributed by atoms with Crippen molar-refractivity contribution in [3.8, 4) is 0 Å². The number of benzene rings is 1. The van der Waals surface area contributed by atoms with Gasteiger partial charge >= 0.3 is 0 Å². The highest BCUT2D eigenvalue weighted by atomic mass is 16.2. The van der Waals surface area contributed by atoms with Crippen LogP contribution in [-0.2, 0) is 11.2 Å². The topological polar surface area (TPSA) is 36.4 Å². The standard InChI is InChI=1S/C19H21N3O/c1-14-6-9-20-18(12-14)21-10-7-16(13-21)19(23)22-11-8-15-4-2-3-5-17(15)22/h2-6,9,12,16H,7-8,10-11,13H2,1H3. The molecule has 4 rings (SSSR count). The van der Waals surface area contributed by atoms with Crippen LogP contribution in [0, 0.1) is 12.8 Å². The Balaban J connectivity index is 1.49. The first kappa shape index (κ1) is 14.2. The van der Waals surface area contributed by atoms with Gasteiger partial charge in [-0.15, -0.1) is 0 Å². The zero-order valence-corrected chi connectivity index (χ0v) is 13.4. The van der Waals surface area contributed by atoms with Gasteiger partial charge in [0.25, 0.3) is 0 Å². The minimum atomic E-state index is 0.0727. The fourth-order valence-corrected chi connectivity index (χ4v) is 3.65. The van der Waals surface area contributed by atoms with Crippen LogP contribution in [0.1, 0.15) is 17.5 Å².